The lowest BCUT2D eigenvalue weighted by Gasteiger charge is -2.17. The van der Waals surface area contributed by atoms with Crippen LogP contribution >= 0.6 is 0 Å². The first-order valence-electron chi connectivity index (χ1n) is 4.73. The summed E-state index contributed by atoms with van der Waals surface area (Å²) >= 11 is 0. The zero-order valence-electron chi connectivity index (χ0n) is 8.24. The van der Waals surface area contributed by atoms with Gasteiger partial charge in [-0.2, -0.15) is 0 Å². The highest BCUT2D eigenvalue weighted by atomic mass is 16.1. The third kappa shape index (κ3) is 7.47. The van der Waals surface area contributed by atoms with Crippen molar-refractivity contribution >= 4 is 6.29 Å². The van der Waals surface area contributed by atoms with E-state index in [9.17, 15) is 4.79 Å². The molecule has 13 heavy (non-hydrogen) atoms. The molecule has 0 amide bonds. The summed E-state index contributed by atoms with van der Waals surface area (Å²) in [6, 6.07) is 0. The van der Waals surface area contributed by atoms with E-state index in [0.717, 1.165) is 38.8 Å². The number of unbranched alkanes of at least 4 members (excludes halogenated alkanes) is 2. The van der Waals surface area contributed by atoms with Crippen molar-refractivity contribution in [3.8, 4) is 0 Å². The molecule has 0 bridgehead atoms. The summed E-state index contributed by atoms with van der Waals surface area (Å²) in [7, 11) is 0. The number of carbonyl (C=O) groups excluding carboxylic acids is 1. The summed E-state index contributed by atoms with van der Waals surface area (Å²) in [6.07, 6.45) is 7.49. The molecule has 74 valence electrons. The average molecular weight is 181 g/mol. The number of hydrogen-bond acceptors (Lipinski definition) is 2. The minimum absolute atomic E-state index is 0.677. The van der Waals surface area contributed by atoms with Crippen molar-refractivity contribution in [1.29, 1.82) is 0 Å². The first-order chi connectivity index (χ1) is 6.35. The molecule has 0 N–H and O–H groups in total. The van der Waals surface area contributed by atoms with Crippen molar-refractivity contribution in [3.63, 3.8) is 0 Å². The number of nitrogens with zero attached hydrogens (tertiary/aromatic N) is 1. The van der Waals surface area contributed by atoms with Gasteiger partial charge >= 0.3 is 0 Å². The highest BCUT2D eigenvalue weighted by Gasteiger charge is 1.98. The summed E-state index contributed by atoms with van der Waals surface area (Å²) in [5.74, 6) is 0. The lowest BCUT2D eigenvalue weighted by molar-refractivity contribution is -0.107. The van der Waals surface area contributed by atoms with Crippen molar-refractivity contribution in [3.05, 3.63) is 25.3 Å². The van der Waals surface area contributed by atoms with Crippen LogP contribution < -0.4 is 0 Å². The van der Waals surface area contributed by atoms with E-state index in [1.165, 1.54) is 0 Å². The lowest BCUT2D eigenvalue weighted by Crippen LogP contribution is -2.24. The molecule has 2 heteroatoms. The molecule has 0 atom stereocenters. The van der Waals surface area contributed by atoms with E-state index in [4.69, 9.17) is 0 Å². The van der Waals surface area contributed by atoms with Gasteiger partial charge in [-0.15, -0.1) is 13.2 Å². The Kier molecular flexibility index (Phi) is 8.57. The Labute approximate surface area is 80.9 Å². The number of aldehydes is 1. The summed E-state index contributed by atoms with van der Waals surface area (Å²) in [5, 5.41) is 0. The maximum absolute atomic E-state index is 10.1. The molecule has 0 aromatic rings. The molecule has 0 saturated carbocycles. The highest BCUT2D eigenvalue weighted by molar-refractivity contribution is 5.48. The molecule has 0 unspecified atom stereocenters. The van der Waals surface area contributed by atoms with Crippen molar-refractivity contribution < 1.29 is 4.79 Å². The first kappa shape index (κ1) is 12.1. The molecule has 0 rings (SSSR count). The van der Waals surface area contributed by atoms with E-state index in [0.29, 0.717) is 6.42 Å². The third-order valence-corrected chi connectivity index (χ3v) is 1.82. The van der Waals surface area contributed by atoms with E-state index < -0.39 is 0 Å². The second-order valence-corrected chi connectivity index (χ2v) is 3.00. The standard InChI is InChI=1S/C11H19NO/c1-3-8-12(9-4-2)10-6-5-7-11-13/h3-4,11H,1-2,5-10H2. The van der Waals surface area contributed by atoms with Crippen LogP contribution in [-0.4, -0.2) is 30.8 Å². The van der Waals surface area contributed by atoms with Crippen LogP contribution in [0.15, 0.2) is 25.3 Å². The van der Waals surface area contributed by atoms with Gasteiger partial charge in [0.15, 0.2) is 0 Å². The van der Waals surface area contributed by atoms with Gasteiger partial charge in [-0.1, -0.05) is 12.2 Å². The molecule has 0 fully saturated rings. The van der Waals surface area contributed by atoms with Gasteiger partial charge in [0.25, 0.3) is 0 Å². The quantitative estimate of drug-likeness (QED) is 0.308. The molecule has 0 heterocycles. The van der Waals surface area contributed by atoms with E-state index in [-0.39, 0.29) is 0 Å². The Balaban J connectivity index is 3.48. The molecular formula is C11H19NO. The Morgan fingerprint density at radius 3 is 2.15 bits per heavy atom. The highest BCUT2D eigenvalue weighted by Crippen LogP contribution is 1.97. The minimum atomic E-state index is 0.677. The van der Waals surface area contributed by atoms with Crippen LogP contribution in [0.25, 0.3) is 0 Å². The van der Waals surface area contributed by atoms with Gasteiger partial charge in [-0.3, -0.25) is 4.90 Å². The first-order valence-corrected chi connectivity index (χ1v) is 4.73. The lowest BCUT2D eigenvalue weighted by atomic mass is 10.2. The van der Waals surface area contributed by atoms with Crippen LogP contribution in [0.2, 0.25) is 0 Å². The van der Waals surface area contributed by atoms with Crippen molar-refractivity contribution in [2.24, 2.45) is 0 Å². The topological polar surface area (TPSA) is 20.3 Å². The zero-order valence-corrected chi connectivity index (χ0v) is 8.24. The maximum atomic E-state index is 10.1. The van der Waals surface area contributed by atoms with Crippen molar-refractivity contribution in [2.45, 2.75) is 19.3 Å². The SMILES string of the molecule is C=CCN(CC=C)CCCCC=O. The number of carbonyl (C=O) groups is 1. The van der Waals surface area contributed by atoms with Crippen molar-refractivity contribution in [1.82, 2.24) is 4.90 Å². The van der Waals surface area contributed by atoms with Crippen molar-refractivity contribution in [2.75, 3.05) is 19.6 Å². The second kappa shape index (κ2) is 9.20. The molecule has 0 aliphatic rings. The van der Waals surface area contributed by atoms with E-state index in [1.54, 1.807) is 0 Å². The molecule has 0 aliphatic carbocycles. The van der Waals surface area contributed by atoms with Gasteiger partial charge in [0.05, 0.1) is 0 Å². The molecule has 0 radical (unpaired) electrons. The zero-order chi connectivity index (χ0) is 9.94. The fourth-order valence-corrected chi connectivity index (χ4v) is 1.19. The van der Waals surface area contributed by atoms with Gasteiger partial charge in [-0.05, 0) is 19.4 Å². The molecule has 0 aromatic heterocycles. The Morgan fingerprint density at radius 2 is 1.69 bits per heavy atom. The third-order valence-electron chi connectivity index (χ3n) is 1.82. The Morgan fingerprint density at radius 1 is 1.08 bits per heavy atom. The molecule has 0 saturated heterocycles. The van der Waals surface area contributed by atoms with Crippen LogP contribution in [0.5, 0.6) is 0 Å². The van der Waals surface area contributed by atoms with Crippen LogP contribution in [0.1, 0.15) is 19.3 Å². The fourth-order valence-electron chi connectivity index (χ4n) is 1.19. The smallest absolute Gasteiger partial charge is 0.119 e. The van der Waals surface area contributed by atoms with Crippen LogP contribution in [-0.2, 0) is 4.79 Å². The van der Waals surface area contributed by atoms with Gasteiger partial charge in [0, 0.05) is 19.5 Å². The maximum Gasteiger partial charge on any atom is 0.119 e. The summed E-state index contributed by atoms with van der Waals surface area (Å²) in [6.45, 7) is 10.2. The largest absolute Gasteiger partial charge is 0.303 e. The molecule has 0 spiro atoms. The summed E-state index contributed by atoms with van der Waals surface area (Å²) < 4.78 is 0. The predicted molar refractivity (Wildman–Crippen MR) is 56.7 cm³/mol. The Bertz CT molecular complexity index is 144. The van der Waals surface area contributed by atoms with Gasteiger partial charge in [0.2, 0.25) is 0 Å². The van der Waals surface area contributed by atoms with E-state index in [1.807, 2.05) is 12.2 Å². The number of hydrogen-bond donors (Lipinski definition) is 0. The summed E-state index contributed by atoms with van der Waals surface area (Å²) in [4.78, 5) is 12.3. The molecule has 0 aromatic carbocycles. The molecule has 2 nitrogen and oxygen atoms in total. The van der Waals surface area contributed by atoms with Crippen LogP contribution in [0.4, 0.5) is 0 Å². The minimum Gasteiger partial charge on any atom is -0.303 e. The predicted octanol–water partition coefficient (Wildman–Crippen LogP) is 2.03. The molecular weight excluding hydrogens is 162 g/mol. The molecule has 0 aliphatic heterocycles. The number of rotatable bonds is 9. The summed E-state index contributed by atoms with van der Waals surface area (Å²) in [5.41, 5.74) is 0. The van der Waals surface area contributed by atoms with E-state index in [2.05, 4.69) is 18.1 Å². The second-order valence-electron chi connectivity index (χ2n) is 3.00. The monoisotopic (exact) mass is 181 g/mol. The van der Waals surface area contributed by atoms with Crippen LogP contribution in [0, 0.1) is 0 Å². The van der Waals surface area contributed by atoms with Gasteiger partial charge in [0.1, 0.15) is 6.29 Å². The van der Waals surface area contributed by atoms with Crippen LogP contribution in [0.3, 0.4) is 0 Å². The van der Waals surface area contributed by atoms with Gasteiger partial charge < -0.3 is 4.79 Å². The fraction of sp³-hybridized carbons (Fsp3) is 0.545. The van der Waals surface area contributed by atoms with E-state index >= 15 is 0 Å². The Hall–Kier alpha value is -0.890. The van der Waals surface area contributed by atoms with Gasteiger partial charge in [-0.25, -0.2) is 0 Å². The normalized spacial score (nSPS) is 9.92. The average Bonchev–Trinajstić information content (AvgIpc) is 2.13.